The fourth-order valence-corrected chi connectivity index (χ4v) is 9.79. The number of allylic oxidation sites excluding steroid dienone is 6. The first-order valence-electron chi connectivity index (χ1n) is 30.2. The predicted octanol–water partition coefficient (Wildman–Crippen LogP) is 18.0. The van der Waals surface area contributed by atoms with Gasteiger partial charge in [0.05, 0.1) is 13.2 Å². The van der Waals surface area contributed by atoms with Crippen molar-refractivity contribution >= 4 is 17.9 Å². The van der Waals surface area contributed by atoms with Gasteiger partial charge >= 0.3 is 17.9 Å². The zero-order valence-electron chi connectivity index (χ0n) is 46.0. The molecule has 2 aliphatic rings. The molecule has 2 heterocycles. The topological polar surface area (TPSA) is 97.4 Å². The van der Waals surface area contributed by atoms with Crippen LogP contribution >= 0.6 is 0 Å². The number of esters is 3. The third-order valence-electron chi connectivity index (χ3n) is 14.5. The third kappa shape index (κ3) is 34.1. The number of hydrogen-bond acceptors (Lipinski definition) is 8. The molecule has 0 unspecified atom stereocenters. The van der Waals surface area contributed by atoms with Crippen LogP contribution in [0.5, 0.6) is 0 Å². The van der Waals surface area contributed by atoms with E-state index in [0.29, 0.717) is 32.3 Å². The van der Waals surface area contributed by atoms with Crippen molar-refractivity contribution in [3.8, 4) is 0 Å². The summed E-state index contributed by atoms with van der Waals surface area (Å²) in [4.78, 5) is 39.6. The summed E-state index contributed by atoms with van der Waals surface area (Å²) < 4.78 is 30.4. The molecule has 0 amide bonds. The average Bonchev–Trinajstić information content (AvgIpc) is 3.72. The van der Waals surface area contributed by atoms with Crippen LogP contribution in [-0.4, -0.2) is 61.6 Å². The van der Waals surface area contributed by atoms with Gasteiger partial charge in [-0.1, -0.05) is 211 Å². The van der Waals surface area contributed by atoms with Gasteiger partial charge in [-0.15, -0.1) is 0 Å². The monoisotopic (exact) mass is 983 g/mol. The lowest BCUT2D eigenvalue weighted by Gasteiger charge is -2.46. The molecule has 0 bridgehead atoms. The summed E-state index contributed by atoms with van der Waals surface area (Å²) in [6.45, 7) is 7.43. The quantitative estimate of drug-likeness (QED) is 0.0257. The maximum absolute atomic E-state index is 13.4. The Bertz CT molecular complexity index is 1320. The Morgan fingerprint density at radius 1 is 0.429 bits per heavy atom. The molecule has 0 radical (unpaired) electrons. The van der Waals surface area contributed by atoms with Crippen molar-refractivity contribution in [3.05, 3.63) is 36.5 Å². The Morgan fingerprint density at radius 2 is 0.743 bits per heavy atom. The molecule has 8 heteroatoms. The van der Waals surface area contributed by atoms with Gasteiger partial charge in [-0.25, -0.2) is 0 Å². The minimum Gasteiger partial charge on any atom is -0.462 e. The average molecular weight is 984 g/mol. The van der Waals surface area contributed by atoms with Crippen LogP contribution in [0.1, 0.15) is 297 Å². The smallest absolute Gasteiger partial charge is 0.306 e. The van der Waals surface area contributed by atoms with Crippen molar-refractivity contribution < 1.29 is 38.1 Å². The van der Waals surface area contributed by atoms with Crippen molar-refractivity contribution in [2.24, 2.45) is 0 Å². The minimum absolute atomic E-state index is 0.0272. The highest BCUT2D eigenvalue weighted by Crippen LogP contribution is 2.40. The second kappa shape index (κ2) is 46.3. The van der Waals surface area contributed by atoms with E-state index in [4.69, 9.17) is 23.7 Å². The van der Waals surface area contributed by atoms with Crippen LogP contribution in [0.2, 0.25) is 0 Å². The lowest BCUT2D eigenvalue weighted by molar-refractivity contribution is -0.246. The molecule has 2 saturated heterocycles. The Kier molecular flexibility index (Phi) is 42.2. The highest BCUT2D eigenvalue weighted by molar-refractivity contribution is 5.71. The maximum Gasteiger partial charge on any atom is 0.306 e. The van der Waals surface area contributed by atoms with Gasteiger partial charge in [0.25, 0.3) is 0 Å². The van der Waals surface area contributed by atoms with Crippen LogP contribution in [0, 0.1) is 0 Å². The van der Waals surface area contributed by atoms with Gasteiger partial charge in [0.15, 0.2) is 12.2 Å². The van der Waals surface area contributed by atoms with E-state index in [1.54, 1.807) is 0 Å². The van der Waals surface area contributed by atoms with Crippen molar-refractivity contribution in [2.45, 2.75) is 321 Å². The highest BCUT2D eigenvalue weighted by atomic mass is 16.7. The van der Waals surface area contributed by atoms with Crippen LogP contribution in [0.25, 0.3) is 0 Å². The summed E-state index contributed by atoms with van der Waals surface area (Å²) in [5.74, 6) is -0.849. The molecule has 4 atom stereocenters. The molecule has 2 rings (SSSR count). The Labute approximate surface area is 431 Å². The summed E-state index contributed by atoms with van der Waals surface area (Å²) in [5.41, 5.74) is -0.934. The minimum atomic E-state index is -0.934. The Hall–Kier alpha value is -2.45. The van der Waals surface area contributed by atoms with Gasteiger partial charge in [-0.05, 0) is 96.3 Å². The molecule has 0 aromatic heterocycles. The van der Waals surface area contributed by atoms with Gasteiger partial charge < -0.3 is 23.7 Å². The van der Waals surface area contributed by atoms with E-state index >= 15 is 0 Å². The number of hydrogen-bond donors (Lipinski definition) is 0. The van der Waals surface area contributed by atoms with Crippen LogP contribution in [0.4, 0.5) is 0 Å². The third-order valence-corrected chi connectivity index (χ3v) is 14.5. The van der Waals surface area contributed by atoms with E-state index in [1.165, 1.54) is 161 Å². The zero-order valence-corrected chi connectivity index (χ0v) is 46.0. The van der Waals surface area contributed by atoms with E-state index in [0.717, 1.165) is 89.9 Å². The molecule has 0 aromatic rings. The summed E-state index contributed by atoms with van der Waals surface area (Å²) in [6.07, 6.45) is 60.1. The van der Waals surface area contributed by atoms with Crippen LogP contribution in [-0.2, 0) is 38.1 Å². The van der Waals surface area contributed by atoms with Gasteiger partial charge in [-0.2, -0.15) is 0 Å². The van der Waals surface area contributed by atoms with E-state index in [1.807, 2.05) is 0 Å². The van der Waals surface area contributed by atoms with Gasteiger partial charge in [0.2, 0.25) is 0 Å². The lowest BCUT2D eigenvalue weighted by Crippen LogP contribution is -2.61. The predicted molar refractivity (Wildman–Crippen MR) is 292 cm³/mol. The fraction of sp³-hybridized carbons (Fsp3) is 0.855. The van der Waals surface area contributed by atoms with Crippen molar-refractivity contribution in [1.29, 1.82) is 0 Å². The van der Waals surface area contributed by atoms with Crippen LogP contribution in [0.3, 0.4) is 0 Å². The number of unbranched alkanes of at least 4 members (excludes halogenated alkanes) is 33. The van der Waals surface area contributed by atoms with Crippen molar-refractivity contribution in [1.82, 2.24) is 0 Å². The molecule has 8 nitrogen and oxygen atoms in total. The highest BCUT2D eigenvalue weighted by Gasteiger charge is 2.58. The summed E-state index contributed by atoms with van der Waals surface area (Å²) in [6, 6.07) is 0. The fourth-order valence-electron chi connectivity index (χ4n) is 9.79. The summed E-state index contributed by atoms with van der Waals surface area (Å²) >= 11 is 0. The van der Waals surface area contributed by atoms with Gasteiger partial charge in [0, 0.05) is 25.7 Å². The van der Waals surface area contributed by atoms with Gasteiger partial charge in [-0.3, -0.25) is 14.4 Å². The van der Waals surface area contributed by atoms with Crippen LogP contribution < -0.4 is 0 Å². The molecule has 0 aliphatic carbocycles. The molecule has 0 saturated carbocycles. The normalized spacial score (nSPS) is 19.2. The largest absolute Gasteiger partial charge is 0.462 e. The number of carbonyl (C=O) groups excluding carboxylic acids is 3. The van der Waals surface area contributed by atoms with E-state index < -0.39 is 23.9 Å². The molecule has 0 spiro atoms. The molecular weight excluding hydrogens is 873 g/mol. The van der Waals surface area contributed by atoms with E-state index in [-0.39, 0.29) is 31.1 Å². The second-order valence-corrected chi connectivity index (χ2v) is 21.1. The number of rotatable bonds is 50. The number of ether oxygens (including phenoxy) is 5. The zero-order chi connectivity index (χ0) is 50.3. The molecule has 406 valence electrons. The van der Waals surface area contributed by atoms with Gasteiger partial charge in [0.1, 0.15) is 18.3 Å². The molecule has 0 N–H and O–H groups in total. The number of carbonyl (C=O) groups is 3. The van der Waals surface area contributed by atoms with Crippen LogP contribution in [0.15, 0.2) is 36.5 Å². The standard InChI is InChI=1S/C62H110O8/c1-4-7-10-13-16-19-22-25-28-31-34-37-40-43-46-49-57(63)67-55-62(52-53-68-62)61-60(70-59(65)51-48-45-42-39-36-33-30-27-24-21-18-15-12-9-6-3)56(54-66-61)69-58(64)50-47-44-41-38-35-32-29-26-23-20-17-14-11-8-5-2/h25-30,56,60-61H,4-24,31-55H2,1-3H3/t56-,60+,61-,62+/m0/s1. The van der Waals surface area contributed by atoms with E-state index in [2.05, 4.69) is 57.2 Å². The molecule has 2 fully saturated rings. The molecule has 2 aliphatic heterocycles. The lowest BCUT2D eigenvalue weighted by atomic mass is 9.85. The molecule has 0 aromatic carbocycles. The first kappa shape index (κ1) is 63.7. The Morgan fingerprint density at radius 3 is 1.09 bits per heavy atom. The molecule has 70 heavy (non-hydrogen) atoms. The summed E-state index contributed by atoms with van der Waals surface area (Å²) in [7, 11) is 0. The Balaban J connectivity index is 1.76. The first-order valence-corrected chi connectivity index (χ1v) is 30.2. The van der Waals surface area contributed by atoms with Crippen molar-refractivity contribution in [2.75, 3.05) is 19.8 Å². The van der Waals surface area contributed by atoms with E-state index in [9.17, 15) is 14.4 Å². The second-order valence-electron chi connectivity index (χ2n) is 21.1. The SMILES string of the molecule is CCCCCCCCC=CCCCCCCCC(=O)OC[C@@]1([C@H]2OC[C@H](OC(=O)CCCCCCCC=CCCCCCCCC)[C@H]2OC(=O)CCCCCCCC=CCCCCCCCC)CCO1. The first-order chi connectivity index (χ1) is 34.5. The van der Waals surface area contributed by atoms with Crippen molar-refractivity contribution in [3.63, 3.8) is 0 Å². The summed E-state index contributed by atoms with van der Waals surface area (Å²) in [5, 5.41) is 0. The molecular formula is C62H110O8. The maximum atomic E-state index is 13.4.